The van der Waals surface area contributed by atoms with Gasteiger partial charge in [-0.15, -0.1) is 0 Å². The summed E-state index contributed by atoms with van der Waals surface area (Å²) in [4.78, 5) is 0. The topological polar surface area (TPSA) is 25.2 Å². The van der Waals surface area contributed by atoms with Crippen LogP contribution in [0, 0.1) is 0 Å². The summed E-state index contributed by atoms with van der Waals surface area (Å²) >= 11 is 6.07. The van der Waals surface area contributed by atoms with Gasteiger partial charge in [-0.2, -0.15) is 0 Å². The molecule has 3 heteroatoms. The van der Waals surface area contributed by atoms with Crippen LogP contribution in [0.2, 0.25) is 5.02 Å². The summed E-state index contributed by atoms with van der Waals surface area (Å²) in [6, 6.07) is 10.2. The molecule has 1 aromatic heterocycles. The lowest BCUT2D eigenvalue weighted by molar-refractivity contribution is 0.274. The van der Waals surface area contributed by atoms with Crippen molar-refractivity contribution in [3.05, 3.63) is 59.0 Å². The number of nitrogens with one attached hydrogen (secondary N) is 1. The smallest absolute Gasteiger partial charge is 0.0934 e. The van der Waals surface area contributed by atoms with Crippen molar-refractivity contribution >= 4 is 11.6 Å². The van der Waals surface area contributed by atoms with E-state index in [1.54, 1.807) is 6.26 Å². The molecule has 0 atom stereocenters. The predicted octanol–water partition coefficient (Wildman–Crippen LogP) is 3.02. The summed E-state index contributed by atoms with van der Waals surface area (Å²) in [5.74, 6) is 0. The standard InChI is InChI=1S/C14H14ClNO/c15-13-3-1-2-12(6-13)14(9-16-10-14)7-11-4-5-17-8-11/h1-6,8,16H,7,9-10H2. The molecule has 1 saturated heterocycles. The highest BCUT2D eigenvalue weighted by atomic mass is 35.5. The van der Waals surface area contributed by atoms with Crippen LogP contribution in [-0.4, -0.2) is 13.1 Å². The maximum Gasteiger partial charge on any atom is 0.0934 e. The number of hydrogen-bond acceptors (Lipinski definition) is 2. The Balaban J connectivity index is 1.92. The van der Waals surface area contributed by atoms with E-state index in [1.165, 1.54) is 11.1 Å². The van der Waals surface area contributed by atoms with Crippen molar-refractivity contribution in [1.29, 1.82) is 0 Å². The monoisotopic (exact) mass is 247 g/mol. The van der Waals surface area contributed by atoms with Gasteiger partial charge in [-0.05, 0) is 35.7 Å². The van der Waals surface area contributed by atoms with Gasteiger partial charge in [0.25, 0.3) is 0 Å². The summed E-state index contributed by atoms with van der Waals surface area (Å²) in [6.07, 6.45) is 4.55. The molecule has 2 nitrogen and oxygen atoms in total. The molecule has 0 spiro atoms. The Bertz CT molecular complexity index is 503. The van der Waals surface area contributed by atoms with Crippen LogP contribution in [-0.2, 0) is 11.8 Å². The zero-order valence-electron chi connectivity index (χ0n) is 9.45. The van der Waals surface area contributed by atoms with Crippen LogP contribution in [0.4, 0.5) is 0 Å². The van der Waals surface area contributed by atoms with Crippen LogP contribution in [0.3, 0.4) is 0 Å². The molecule has 0 saturated carbocycles. The molecule has 0 amide bonds. The molecule has 1 fully saturated rings. The first-order chi connectivity index (χ1) is 8.28. The molecule has 2 heterocycles. The third kappa shape index (κ3) is 1.99. The van der Waals surface area contributed by atoms with Gasteiger partial charge in [-0.3, -0.25) is 0 Å². The Morgan fingerprint density at radius 3 is 2.76 bits per heavy atom. The summed E-state index contributed by atoms with van der Waals surface area (Å²) < 4.78 is 5.14. The van der Waals surface area contributed by atoms with Gasteiger partial charge in [-0.1, -0.05) is 23.7 Å². The van der Waals surface area contributed by atoms with Gasteiger partial charge < -0.3 is 9.73 Å². The number of rotatable bonds is 3. The maximum atomic E-state index is 6.07. The van der Waals surface area contributed by atoms with E-state index in [0.29, 0.717) is 0 Å². The number of furan rings is 1. The van der Waals surface area contributed by atoms with Gasteiger partial charge in [-0.25, -0.2) is 0 Å². The van der Waals surface area contributed by atoms with E-state index >= 15 is 0 Å². The fourth-order valence-corrected chi connectivity index (χ4v) is 2.65. The van der Waals surface area contributed by atoms with E-state index in [2.05, 4.69) is 17.4 Å². The fourth-order valence-electron chi connectivity index (χ4n) is 2.46. The zero-order chi connectivity index (χ0) is 11.7. The molecule has 88 valence electrons. The van der Waals surface area contributed by atoms with Crippen LogP contribution in [0.1, 0.15) is 11.1 Å². The van der Waals surface area contributed by atoms with Crippen LogP contribution in [0.15, 0.2) is 47.3 Å². The van der Waals surface area contributed by atoms with E-state index < -0.39 is 0 Å². The molecule has 1 N–H and O–H groups in total. The van der Waals surface area contributed by atoms with Gasteiger partial charge in [0.05, 0.1) is 12.5 Å². The van der Waals surface area contributed by atoms with Crippen molar-refractivity contribution in [2.45, 2.75) is 11.8 Å². The highest BCUT2D eigenvalue weighted by molar-refractivity contribution is 6.30. The van der Waals surface area contributed by atoms with E-state index in [1.807, 2.05) is 24.5 Å². The molecule has 1 aliphatic heterocycles. The van der Waals surface area contributed by atoms with Crippen molar-refractivity contribution in [1.82, 2.24) is 5.32 Å². The van der Waals surface area contributed by atoms with E-state index in [4.69, 9.17) is 16.0 Å². The highest BCUT2D eigenvalue weighted by Gasteiger charge is 2.38. The first-order valence-electron chi connectivity index (χ1n) is 5.76. The molecule has 0 bridgehead atoms. The Kier molecular flexibility index (Phi) is 2.69. The Morgan fingerprint density at radius 1 is 1.29 bits per heavy atom. The van der Waals surface area contributed by atoms with Gasteiger partial charge in [0.2, 0.25) is 0 Å². The van der Waals surface area contributed by atoms with E-state index in [-0.39, 0.29) is 5.41 Å². The van der Waals surface area contributed by atoms with Crippen LogP contribution >= 0.6 is 11.6 Å². The number of benzene rings is 1. The highest BCUT2D eigenvalue weighted by Crippen LogP contribution is 2.33. The van der Waals surface area contributed by atoms with E-state index in [9.17, 15) is 0 Å². The summed E-state index contributed by atoms with van der Waals surface area (Å²) in [5, 5.41) is 4.17. The van der Waals surface area contributed by atoms with Crippen molar-refractivity contribution in [3.63, 3.8) is 0 Å². The predicted molar refractivity (Wildman–Crippen MR) is 68.4 cm³/mol. The van der Waals surface area contributed by atoms with Crippen LogP contribution in [0.25, 0.3) is 0 Å². The third-order valence-electron chi connectivity index (χ3n) is 3.49. The Morgan fingerprint density at radius 2 is 2.18 bits per heavy atom. The molecule has 3 rings (SSSR count). The molecule has 17 heavy (non-hydrogen) atoms. The molecular formula is C14H14ClNO. The minimum atomic E-state index is 0.175. The Labute approximate surface area is 106 Å². The first-order valence-corrected chi connectivity index (χ1v) is 6.14. The molecule has 0 radical (unpaired) electrons. The lowest BCUT2D eigenvalue weighted by Gasteiger charge is -2.43. The molecule has 1 aliphatic rings. The average molecular weight is 248 g/mol. The first kappa shape index (κ1) is 10.9. The third-order valence-corrected chi connectivity index (χ3v) is 3.72. The lowest BCUT2D eigenvalue weighted by atomic mass is 9.71. The second-order valence-electron chi connectivity index (χ2n) is 4.70. The largest absolute Gasteiger partial charge is 0.472 e. The molecule has 0 unspecified atom stereocenters. The van der Waals surface area contributed by atoms with Gasteiger partial charge >= 0.3 is 0 Å². The lowest BCUT2D eigenvalue weighted by Crippen LogP contribution is -2.58. The van der Waals surface area contributed by atoms with Crippen LogP contribution in [0.5, 0.6) is 0 Å². The molecular weight excluding hydrogens is 234 g/mol. The average Bonchev–Trinajstić information content (AvgIpc) is 2.76. The maximum absolute atomic E-state index is 6.07. The van der Waals surface area contributed by atoms with Crippen molar-refractivity contribution < 1.29 is 4.42 Å². The number of halogens is 1. The minimum absolute atomic E-state index is 0.175. The van der Waals surface area contributed by atoms with Gasteiger partial charge in [0.15, 0.2) is 0 Å². The van der Waals surface area contributed by atoms with Crippen molar-refractivity contribution in [2.24, 2.45) is 0 Å². The van der Waals surface area contributed by atoms with Gasteiger partial charge in [0, 0.05) is 23.5 Å². The van der Waals surface area contributed by atoms with Crippen molar-refractivity contribution in [2.75, 3.05) is 13.1 Å². The summed E-state index contributed by atoms with van der Waals surface area (Å²) in [5.41, 5.74) is 2.73. The molecule has 2 aromatic rings. The second-order valence-corrected chi connectivity index (χ2v) is 5.14. The fraction of sp³-hybridized carbons (Fsp3) is 0.286. The normalized spacial score (nSPS) is 17.7. The minimum Gasteiger partial charge on any atom is -0.472 e. The Hall–Kier alpha value is -1.25. The molecule has 1 aromatic carbocycles. The molecule has 0 aliphatic carbocycles. The van der Waals surface area contributed by atoms with Crippen molar-refractivity contribution in [3.8, 4) is 0 Å². The van der Waals surface area contributed by atoms with Gasteiger partial charge in [0.1, 0.15) is 0 Å². The SMILES string of the molecule is Clc1cccc(C2(Cc3ccoc3)CNC2)c1. The number of hydrogen-bond donors (Lipinski definition) is 1. The summed E-state index contributed by atoms with van der Waals surface area (Å²) in [7, 11) is 0. The second kappa shape index (κ2) is 4.21. The van der Waals surface area contributed by atoms with E-state index in [0.717, 1.165) is 24.5 Å². The summed E-state index contributed by atoms with van der Waals surface area (Å²) in [6.45, 7) is 2.00. The van der Waals surface area contributed by atoms with Crippen LogP contribution < -0.4 is 5.32 Å². The quantitative estimate of drug-likeness (QED) is 0.902. The zero-order valence-corrected chi connectivity index (χ0v) is 10.2.